The molecule has 0 atom stereocenters. The minimum absolute atomic E-state index is 0.510. The lowest BCUT2D eigenvalue weighted by Crippen LogP contribution is -1.99. The van der Waals surface area contributed by atoms with E-state index in [1.165, 1.54) is 5.56 Å². The summed E-state index contributed by atoms with van der Waals surface area (Å²) < 4.78 is 1.93. The molecule has 0 radical (unpaired) electrons. The van der Waals surface area contributed by atoms with Crippen molar-refractivity contribution in [2.75, 3.05) is 0 Å². The first-order valence-electron chi connectivity index (χ1n) is 5.83. The third-order valence-corrected chi connectivity index (χ3v) is 3.35. The van der Waals surface area contributed by atoms with Gasteiger partial charge in [0.15, 0.2) is 0 Å². The number of halogens is 1. The second kappa shape index (κ2) is 4.92. The van der Waals surface area contributed by atoms with Crippen LogP contribution in [0, 0.1) is 6.92 Å². The fraction of sp³-hybridized carbons (Fsp3) is 0.357. The van der Waals surface area contributed by atoms with Gasteiger partial charge in [-0.15, -0.1) is 11.6 Å². The summed E-state index contributed by atoms with van der Waals surface area (Å²) in [5.74, 6) is 1.07. The van der Waals surface area contributed by atoms with E-state index in [0.29, 0.717) is 11.8 Å². The molecule has 0 saturated carbocycles. The molecule has 0 aliphatic carbocycles. The van der Waals surface area contributed by atoms with Crippen molar-refractivity contribution in [2.24, 2.45) is 0 Å². The molecular formula is C14H17ClN2. The van der Waals surface area contributed by atoms with Gasteiger partial charge in [0, 0.05) is 11.3 Å². The molecule has 0 amide bonds. The van der Waals surface area contributed by atoms with Crippen LogP contribution < -0.4 is 0 Å². The average molecular weight is 249 g/mol. The molecule has 0 bridgehead atoms. The summed E-state index contributed by atoms with van der Waals surface area (Å²) in [5, 5.41) is 4.36. The van der Waals surface area contributed by atoms with Crippen molar-refractivity contribution in [1.82, 2.24) is 9.78 Å². The molecular weight excluding hydrogens is 232 g/mol. The largest absolute Gasteiger partial charge is 0.238 e. The molecule has 3 heteroatoms. The predicted octanol–water partition coefficient (Wildman–Crippen LogP) is 4.04. The molecule has 0 N–H and O–H groups in total. The normalized spacial score (nSPS) is 11.1. The Morgan fingerprint density at radius 2 is 1.88 bits per heavy atom. The van der Waals surface area contributed by atoms with Crippen LogP contribution in [0.15, 0.2) is 30.5 Å². The number of alkyl halides is 1. The minimum Gasteiger partial charge on any atom is -0.238 e. The first-order chi connectivity index (χ1) is 8.13. The van der Waals surface area contributed by atoms with E-state index in [1.807, 2.05) is 17.8 Å². The predicted molar refractivity (Wildman–Crippen MR) is 71.9 cm³/mol. The molecule has 1 aromatic carbocycles. The highest BCUT2D eigenvalue weighted by Gasteiger charge is 2.07. The average Bonchev–Trinajstić information content (AvgIpc) is 2.70. The topological polar surface area (TPSA) is 17.8 Å². The van der Waals surface area contributed by atoms with Crippen LogP contribution in [-0.2, 0) is 5.88 Å². The third kappa shape index (κ3) is 2.37. The van der Waals surface area contributed by atoms with Crippen LogP contribution in [0.1, 0.15) is 36.6 Å². The van der Waals surface area contributed by atoms with Gasteiger partial charge in [0.1, 0.15) is 0 Å². The Morgan fingerprint density at radius 1 is 1.24 bits per heavy atom. The van der Waals surface area contributed by atoms with E-state index in [-0.39, 0.29) is 0 Å². The highest BCUT2D eigenvalue weighted by Crippen LogP contribution is 2.19. The molecule has 0 saturated heterocycles. The number of nitrogens with zero attached hydrogens (tertiary/aromatic N) is 2. The molecule has 0 spiro atoms. The van der Waals surface area contributed by atoms with Crippen LogP contribution >= 0.6 is 11.6 Å². The Hall–Kier alpha value is -1.28. The molecule has 1 aromatic heterocycles. The summed E-state index contributed by atoms with van der Waals surface area (Å²) in [7, 11) is 0. The molecule has 0 fully saturated rings. The van der Waals surface area contributed by atoms with Crippen molar-refractivity contribution in [3.05, 3.63) is 47.3 Å². The van der Waals surface area contributed by atoms with Gasteiger partial charge in [0.25, 0.3) is 0 Å². The molecule has 17 heavy (non-hydrogen) atoms. The van der Waals surface area contributed by atoms with E-state index in [4.69, 9.17) is 11.6 Å². The lowest BCUT2D eigenvalue weighted by molar-refractivity contribution is 0.835. The Bertz CT molecular complexity index is 497. The van der Waals surface area contributed by atoms with Gasteiger partial charge in [0.05, 0.1) is 17.8 Å². The molecule has 2 aromatic rings. The zero-order valence-corrected chi connectivity index (χ0v) is 11.2. The molecule has 2 rings (SSSR count). The summed E-state index contributed by atoms with van der Waals surface area (Å²) in [6.07, 6.45) is 1.83. The lowest BCUT2D eigenvalue weighted by atomic mass is 10.0. The first-order valence-corrected chi connectivity index (χ1v) is 6.36. The number of rotatable bonds is 3. The van der Waals surface area contributed by atoms with Crippen molar-refractivity contribution in [3.8, 4) is 5.69 Å². The van der Waals surface area contributed by atoms with Crippen molar-refractivity contribution in [3.63, 3.8) is 0 Å². The second-order valence-electron chi connectivity index (χ2n) is 4.55. The fourth-order valence-corrected chi connectivity index (χ4v) is 2.10. The van der Waals surface area contributed by atoms with Crippen LogP contribution in [0.3, 0.4) is 0 Å². The van der Waals surface area contributed by atoms with E-state index in [2.05, 4.69) is 43.2 Å². The van der Waals surface area contributed by atoms with Crippen molar-refractivity contribution in [2.45, 2.75) is 32.6 Å². The zero-order chi connectivity index (χ0) is 12.4. The Balaban J connectivity index is 2.36. The Kier molecular flexibility index (Phi) is 3.53. The number of hydrogen-bond donors (Lipinski definition) is 0. The van der Waals surface area contributed by atoms with E-state index in [0.717, 1.165) is 16.9 Å². The van der Waals surface area contributed by atoms with Crippen LogP contribution in [0.25, 0.3) is 5.69 Å². The second-order valence-corrected chi connectivity index (χ2v) is 4.81. The highest BCUT2D eigenvalue weighted by atomic mass is 35.5. The van der Waals surface area contributed by atoms with Crippen molar-refractivity contribution < 1.29 is 0 Å². The maximum Gasteiger partial charge on any atom is 0.0648 e. The van der Waals surface area contributed by atoms with Crippen LogP contribution in [0.5, 0.6) is 0 Å². The van der Waals surface area contributed by atoms with Gasteiger partial charge in [-0.1, -0.05) is 26.0 Å². The van der Waals surface area contributed by atoms with E-state index < -0.39 is 0 Å². The lowest BCUT2D eigenvalue weighted by Gasteiger charge is -2.08. The quantitative estimate of drug-likeness (QED) is 0.750. The van der Waals surface area contributed by atoms with Gasteiger partial charge in [-0.25, -0.2) is 4.68 Å². The van der Waals surface area contributed by atoms with Gasteiger partial charge in [0.2, 0.25) is 0 Å². The van der Waals surface area contributed by atoms with Gasteiger partial charge in [-0.3, -0.25) is 0 Å². The minimum atomic E-state index is 0.510. The first kappa shape index (κ1) is 12.2. The summed E-state index contributed by atoms with van der Waals surface area (Å²) in [6, 6.07) is 8.52. The van der Waals surface area contributed by atoms with Crippen LogP contribution in [0.4, 0.5) is 0 Å². The molecule has 0 aliphatic rings. The molecule has 2 nitrogen and oxygen atoms in total. The van der Waals surface area contributed by atoms with E-state index in [9.17, 15) is 0 Å². The SMILES string of the molecule is Cc1c(CCl)cnn1-c1ccc(C(C)C)cc1. The van der Waals surface area contributed by atoms with Gasteiger partial charge in [-0.2, -0.15) is 5.10 Å². The molecule has 90 valence electrons. The number of benzene rings is 1. The smallest absolute Gasteiger partial charge is 0.0648 e. The van der Waals surface area contributed by atoms with Gasteiger partial charge < -0.3 is 0 Å². The Labute approximate surface area is 107 Å². The maximum absolute atomic E-state index is 5.85. The van der Waals surface area contributed by atoms with Crippen molar-refractivity contribution in [1.29, 1.82) is 0 Å². The zero-order valence-electron chi connectivity index (χ0n) is 10.4. The monoisotopic (exact) mass is 248 g/mol. The van der Waals surface area contributed by atoms with Crippen LogP contribution in [-0.4, -0.2) is 9.78 Å². The van der Waals surface area contributed by atoms with Crippen molar-refractivity contribution >= 4 is 11.6 Å². The molecule has 0 unspecified atom stereocenters. The maximum atomic E-state index is 5.85. The van der Waals surface area contributed by atoms with E-state index in [1.54, 1.807) is 0 Å². The van der Waals surface area contributed by atoms with Gasteiger partial charge >= 0.3 is 0 Å². The summed E-state index contributed by atoms with van der Waals surface area (Å²) in [5.41, 5.74) is 4.62. The molecule has 0 aliphatic heterocycles. The third-order valence-electron chi connectivity index (χ3n) is 3.06. The standard InChI is InChI=1S/C14H17ClN2/c1-10(2)12-4-6-14(7-5-12)17-11(3)13(8-15)9-16-17/h4-7,9-10H,8H2,1-3H3. The summed E-state index contributed by atoms with van der Waals surface area (Å²) in [4.78, 5) is 0. The van der Waals surface area contributed by atoms with E-state index >= 15 is 0 Å². The fourth-order valence-electron chi connectivity index (χ4n) is 1.84. The van der Waals surface area contributed by atoms with Crippen LogP contribution in [0.2, 0.25) is 0 Å². The number of aromatic nitrogens is 2. The number of hydrogen-bond acceptors (Lipinski definition) is 1. The Morgan fingerprint density at radius 3 is 2.35 bits per heavy atom. The summed E-state index contributed by atoms with van der Waals surface area (Å²) in [6.45, 7) is 6.43. The summed E-state index contributed by atoms with van der Waals surface area (Å²) >= 11 is 5.85. The molecule has 1 heterocycles. The van der Waals surface area contributed by atoms with Gasteiger partial charge in [-0.05, 0) is 30.5 Å². The highest BCUT2D eigenvalue weighted by molar-refractivity contribution is 6.17.